The second-order valence-electron chi connectivity index (χ2n) is 6.97. The lowest BCUT2D eigenvalue weighted by Gasteiger charge is -2.08. The Balaban J connectivity index is 1.50. The summed E-state index contributed by atoms with van der Waals surface area (Å²) >= 11 is 0. The first-order chi connectivity index (χ1) is 14.6. The largest absolute Gasteiger partial charge is 0.497 e. The molecule has 0 atom stereocenters. The highest BCUT2D eigenvalue weighted by molar-refractivity contribution is 5.92. The van der Waals surface area contributed by atoms with Gasteiger partial charge >= 0.3 is 0 Å². The lowest BCUT2D eigenvalue weighted by atomic mass is 10.2. The third-order valence-electron chi connectivity index (χ3n) is 5.00. The molecule has 7 heteroatoms. The fraction of sp³-hybridized carbons (Fsp3) is 0.217. The van der Waals surface area contributed by atoms with Crippen molar-refractivity contribution in [2.24, 2.45) is 0 Å². The van der Waals surface area contributed by atoms with Crippen molar-refractivity contribution in [1.29, 1.82) is 0 Å². The number of nitrogens with one attached hydrogen (secondary N) is 2. The number of carbonyl (C=O) groups is 1. The Hall–Kier alpha value is -3.74. The Labute approximate surface area is 174 Å². The van der Waals surface area contributed by atoms with Crippen LogP contribution in [-0.2, 0) is 11.3 Å². The third kappa shape index (κ3) is 3.87. The van der Waals surface area contributed by atoms with E-state index in [4.69, 9.17) is 9.47 Å². The highest BCUT2D eigenvalue weighted by Gasteiger charge is 2.14. The number of methoxy groups -OCH3 is 1. The van der Waals surface area contributed by atoms with Gasteiger partial charge in [-0.15, -0.1) is 0 Å². The Morgan fingerprint density at radius 2 is 2.00 bits per heavy atom. The van der Waals surface area contributed by atoms with Gasteiger partial charge in [0.15, 0.2) is 12.4 Å². The smallest absolute Gasteiger partial charge is 0.263 e. The molecule has 4 rings (SSSR count). The summed E-state index contributed by atoms with van der Waals surface area (Å²) in [5.41, 5.74) is 3.91. The summed E-state index contributed by atoms with van der Waals surface area (Å²) in [7, 11) is 1.66. The van der Waals surface area contributed by atoms with Crippen molar-refractivity contribution in [2.45, 2.75) is 20.4 Å². The maximum absolute atomic E-state index is 12.3. The van der Waals surface area contributed by atoms with E-state index in [-0.39, 0.29) is 12.5 Å². The Kier molecular flexibility index (Phi) is 5.43. The van der Waals surface area contributed by atoms with Crippen molar-refractivity contribution in [3.63, 3.8) is 0 Å². The van der Waals surface area contributed by atoms with Gasteiger partial charge in [-0.05, 0) is 49.7 Å². The molecule has 2 aromatic heterocycles. The van der Waals surface area contributed by atoms with E-state index < -0.39 is 0 Å². The van der Waals surface area contributed by atoms with Crippen LogP contribution in [0.25, 0.3) is 22.3 Å². The molecule has 0 saturated carbocycles. The molecule has 2 heterocycles. The molecule has 0 radical (unpaired) electrons. The van der Waals surface area contributed by atoms with E-state index in [9.17, 15) is 4.79 Å². The van der Waals surface area contributed by atoms with Crippen molar-refractivity contribution >= 4 is 22.6 Å². The molecule has 1 amide bonds. The van der Waals surface area contributed by atoms with Crippen LogP contribution in [-0.4, -0.2) is 34.4 Å². The van der Waals surface area contributed by atoms with E-state index in [1.54, 1.807) is 7.11 Å². The highest BCUT2D eigenvalue weighted by atomic mass is 16.5. The predicted molar refractivity (Wildman–Crippen MR) is 117 cm³/mol. The molecule has 0 aliphatic carbocycles. The minimum atomic E-state index is -0.267. The molecular weight excluding hydrogens is 380 g/mol. The number of nitrogens with zero attached hydrogens (tertiary/aromatic N) is 2. The molecule has 2 N–H and O–H groups in total. The first-order valence-corrected chi connectivity index (χ1v) is 9.80. The van der Waals surface area contributed by atoms with Crippen molar-refractivity contribution < 1.29 is 14.3 Å². The lowest BCUT2D eigenvalue weighted by molar-refractivity contribution is -0.118. The molecule has 0 aliphatic rings. The summed E-state index contributed by atoms with van der Waals surface area (Å²) in [4.78, 5) is 12.3. The summed E-state index contributed by atoms with van der Waals surface area (Å²) < 4.78 is 13.1. The topological polar surface area (TPSA) is 81.2 Å². The molecular formula is C23H24N4O3. The zero-order valence-electron chi connectivity index (χ0n) is 17.2. The van der Waals surface area contributed by atoms with Crippen molar-refractivity contribution in [3.8, 4) is 22.9 Å². The Bertz CT molecular complexity index is 1190. The van der Waals surface area contributed by atoms with E-state index in [2.05, 4.69) is 33.1 Å². The number of benzene rings is 2. The molecule has 0 spiro atoms. The Morgan fingerprint density at radius 3 is 2.77 bits per heavy atom. The molecule has 7 nitrogen and oxygen atoms in total. The van der Waals surface area contributed by atoms with Crippen molar-refractivity contribution in [1.82, 2.24) is 14.8 Å². The maximum Gasteiger partial charge on any atom is 0.263 e. The number of carbonyl (C=O) groups excluding carboxylic acids is 1. The van der Waals surface area contributed by atoms with E-state index in [0.717, 1.165) is 40.1 Å². The summed E-state index contributed by atoms with van der Waals surface area (Å²) in [6, 6.07) is 17.5. The van der Waals surface area contributed by atoms with Crippen LogP contribution in [0.5, 0.6) is 11.5 Å². The zero-order valence-corrected chi connectivity index (χ0v) is 17.2. The summed E-state index contributed by atoms with van der Waals surface area (Å²) in [6.45, 7) is 4.75. The first kappa shape index (κ1) is 19.6. The standard InChI is InChI=1S/C23H24N4O3/c1-4-27-19-10-9-17(29-3)11-16(19)12-20(27)18-13-22(26-25-18)24-23(28)14-30-21-8-6-5-7-15(21)2/h5-13H,4,14H2,1-3H3,(H2,24,25,26,28). The van der Waals surface area contributed by atoms with Gasteiger partial charge in [0.1, 0.15) is 11.5 Å². The highest BCUT2D eigenvalue weighted by Crippen LogP contribution is 2.30. The van der Waals surface area contributed by atoms with Gasteiger partial charge in [-0.2, -0.15) is 5.10 Å². The fourth-order valence-corrected chi connectivity index (χ4v) is 3.50. The van der Waals surface area contributed by atoms with E-state index in [1.165, 1.54) is 0 Å². The zero-order chi connectivity index (χ0) is 21.1. The van der Waals surface area contributed by atoms with E-state index in [0.29, 0.717) is 11.6 Å². The lowest BCUT2D eigenvalue weighted by Crippen LogP contribution is -2.20. The fourth-order valence-electron chi connectivity index (χ4n) is 3.50. The van der Waals surface area contributed by atoms with Crippen LogP contribution < -0.4 is 14.8 Å². The number of anilines is 1. The number of aromatic nitrogens is 3. The van der Waals surface area contributed by atoms with Crippen LogP contribution in [0.1, 0.15) is 12.5 Å². The second kappa shape index (κ2) is 8.32. The predicted octanol–water partition coefficient (Wildman–Crippen LogP) is 4.39. The average Bonchev–Trinajstić information content (AvgIpc) is 3.36. The number of rotatable bonds is 7. The normalized spacial score (nSPS) is 10.9. The van der Waals surface area contributed by atoms with Gasteiger partial charge in [0.2, 0.25) is 0 Å². The quantitative estimate of drug-likeness (QED) is 0.479. The Morgan fingerprint density at radius 1 is 1.17 bits per heavy atom. The molecule has 4 aromatic rings. The monoisotopic (exact) mass is 404 g/mol. The van der Waals surface area contributed by atoms with Crippen LogP contribution >= 0.6 is 0 Å². The second-order valence-corrected chi connectivity index (χ2v) is 6.97. The summed E-state index contributed by atoms with van der Waals surface area (Å²) in [5, 5.41) is 11.1. The minimum Gasteiger partial charge on any atom is -0.497 e. The van der Waals surface area contributed by atoms with Crippen LogP contribution in [0, 0.1) is 6.92 Å². The number of aromatic amines is 1. The van der Waals surface area contributed by atoms with E-state index >= 15 is 0 Å². The number of para-hydroxylation sites is 1. The molecule has 0 bridgehead atoms. The molecule has 0 saturated heterocycles. The average molecular weight is 404 g/mol. The van der Waals surface area contributed by atoms with Crippen LogP contribution in [0.4, 0.5) is 5.82 Å². The molecule has 0 aliphatic heterocycles. The van der Waals surface area contributed by atoms with Gasteiger partial charge in [-0.3, -0.25) is 9.89 Å². The van der Waals surface area contributed by atoms with Gasteiger partial charge in [0.05, 0.1) is 18.5 Å². The first-order valence-electron chi connectivity index (χ1n) is 9.80. The molecule has 0 unspecified atom stereocenters. The van der Waals surface area contributed by atoms with E-state index in [1.807, 2.05) is 55.5 Å². The number of H-pyrrole nitrogens is 1. The molecule has 154 valence electrons. The summed E-state index contributed by atoms with van der Waals surface area (Å²) in [5.74, 6) is 1.69. The number of fused-ring (bicyclic) bond motifs is 1. The number of hydrogen-bond acceptors (Lipinski definition) is 4. The molecule has 30 heavy (non-hydrogen) atoms. The summed E-state index contributed by atoms with van der Waals surface area (Å²) in [6.07, 6.45) is 0. The maximum atomic E-state index is 12.3. The van der Waals surface area contributed by atoms with Gasteiger partial charge < -0.3 is 19.4 Å². The number of amides is 1. The van der Waals surface area contributed by atoms with Crippen LogP contribution in [0.2, 0.25) is 0 Å². The van der Waals surface area contributed by atoms with Crippen molar-refractivity contribution in [2.75, 3.05) is 19.0 Å². The third-order valence-corrected chi connectivity index (χ3v) is 5.00. The minimum absolute atomic E-state index is 0.0813. The number of hydrogen-bond donors (Lipinski definition) is 2. The molecule has 2 aromatic carbocycles. The van der Waals surface area contributed by atoms with Gasteiger partial charge in [-0.25, -0.2) is 0 Å². The van der Waals surface area contributed by atoms with Crippen molar-refractivity contribution in [3.05, 3.63) is 60.2 Å². The number of ether oxygens (including phenoxy) is 2. The van der Waals surface area contributed by atoms with Gasteiger partial charge in [0.25, 0.3) is 5.91 Å². The van der Waals surface area contributed by atoms with Gasteiger partial charge in [-0.1, -0.05) is 18.2 Å². The van der Waals surface area contributed by atoms with Crippen LogP contribution in [0.3, 0.4) is 0 Å². The van der Waals surface area contributed by atoms with Gasteiger partial charge in [0, 0.05) is 23.5 Å². The van der Waals surface area contributed by atoms with Crippen LogP contribution in [0.15, 0.2) is 54.6 Å². The number of aryl methyl sites for hydroxylation is 2. The molecule has 0 fully saturated rings. The SMILES string of the molecule is CCn1c(-c2cc(NC(=O)COc3ccccc3C)n[nH]2)cc2cc(OC)ccc21.